The lowest BCUT2D eigenvalue weighted by Gasteiger charge is -2.18. The van der Waals surface area contributed by atoms with Crippen molar-refractivity contribution in [1.29, 1.82) is 0 Å². The highest BCUT2D eigenvalue weighted by Gasteiger charge is 2.19. The first kappa shape index (κ1) is 12.3. The summed E-state index contributed by atoms with van der Waals surface area (Å²) >= 11 is 5.62. The van der Waals surface area contributed by atoms with Gasteiger partial charge in [0, 0.05) is 0 Å². The first-order chi connectivity index (χ1) is 7.34. The number of hydrogen-bond donors (Lipinski definition) is 0. The van der Waals surface area contributed by atoms with Crippen LogP contribution < -0.4 is 4.74 Å². The van der Waals surface area contributed by atoms with Crippen molar-refractivity contribution in [3.63, 3.8) is 0 Å². The second-order valence-electron chi connectivity index (χ2n) is 3.50. The standard InChI is InChI=1S/C10H9ClN2O3/c1-4-10(2,3)16-9-6-7(13(14)15)5-8(11)12-9/h1,5-6H,2-3H3. The molecule has 84 valence electrons. The predicted molar refractivity (Wildman–Crippen MR) is 59.4 cm³/mol. The summed E-state index contributed by atoms with van der Waals surface area (Å²) < 4.78 is 5.29. The SMILES string of the molecule is C#CC(C)(C)Oc1cc([N+](=O)[O-])cc(Cl)n1. The van der Waals surface area contributed by atoms with Gasteiger partial charge in [0.25, 0.3) is 5.69 Å². The van der Waals surface area contributed by atoms with Crippen LogP contribution in [0.1, 0.15) is 13.8 Å². The number of pyridine rings is 1. The molecule has 0 saturated heterocycles. The van der Waals surface area contributed by atoms with E-state index in [0.29, 0.717) is 0 Å². The Kier molecular flexibility index (Phi) is 3.35. The fraction of sp³-hybridized carbons (Fsp3) is 0.300. The van der Waals surface area contributed by atoms with Crippen LogP contribution in [0.4, 0.5) is 5.69 Å². The lowest BCUT2D eigenvalue weighted by atomic mass is 10.1. The van der Waals surface area contributed by atoms with Crippen LogP contribution in [-0.2, 0) is 0 Å². The summed E-state index contributed by atoms with van der Waals surface area (Å²) in [6.45, 7) is 3.28. The maximum absolute atomic E-state index is 10.6. The average molecular weight is 241 g/mol. The summed E-state index contributed by atoms with van der Waals surface area (Å²) in [5.74, 6) is 2.41. The van der Waals surface area contributed by atoms with Crippen molar-refractivity contribution in [3.05, 3.63) is 27.4 Å². The zero-order valence-corrected chi connectivity index (χ0v) is 9.49. The van der Waals surface area contributed by atoms with Gasteiger partial charge in [0.15, 0.2) is 5.60 Å². The molecule has 0 radical (unpaired) electrons. The second kappa shape index (κ2) is 4.37. The first-order valence-corrected chi connectivity index (χ1v) is 4.70. The number of aromatic nitrogens is 1. The van der Waals surface area contributed by atoms with E-state index in [1.165, 1.54) is 6.07 Å². The van der Waals surface area contributed by atoms with E-state index in [4.69, 9.17) is 22.8 Å². The van der Waals surface area contributed by atoms with Crippen molar-refractivity contribution in [2.45, 2.75) is 19.4 Å². The monoisotopic (exact) mass is 240 g/mol. The van der Waals surface area contributed by atoms with Crippen LogP contribution in [0, 0.1) is 22.5 Å². The second-order valence-corrected chi connectivity index (χ2v) is 3.89. The van der Waals surface area contributed by atoms with Gasteiger partial charge in [0.2, 0.25) is 5.88 Å². The molecule has 16 heavy (non-hydrogen) atoms. The normalized spacial score (nSPS) is 10.6. The highest BCUT2D eigenvalue weighted by Crippen LogP contribution is 2.24. The maximum Gasteiger partial charge on any atom is 0.277 e. The van der Waals surface area contributed by atoms with Crippen LogP contribution in [-0.4, -0.2) is 15.5 Å². The maximum atomic E-state index is 10.6. The van der Waals surface area contributed by atoms with Crippen molar-refractivity contribution in [2.75, 3.05) is 0 Å². The third-order valence-electron chi connectivity index (χ3n) is 1.67. The summed E-state index contributed by atoms with van der Waals surface area (Å²) in [6.07, 6.45) is 5.22. The molecule has 0 unspecified atom stereocenters. The van der Waals surface area contributed by atoms with Crippen LogP contribution in [0.3, 0.4) is 0 Å². The Labute approximate surface area is 97.5 Å². The molecule has 1 rings (SSSR count). The van der Waals surface area contributed by atoms with Gasteiger partial charge in [0.05, 0.1) is 17.1 Å². The molecular weight excluding hydrogens is 232 g/mol. The van der Waals surface area contributed by atoms with Crippen molar-refractivity contribution in [3.8, 4) is 18.2 Å². The van der Waals surface area contributed by atoms with E-state index in [1.54, 1.807) is 13.8 Å². The van der Waals surface area contributed by atoms with Crippen LogP contribution in [0.5, 0.6) is 5.88 Å². The Morgan fingerprint density at radius 3 is 2.75 bits per heavy atom. The number of ether oxygens (including phenoxy) is 1. The minimum Gasteiger partial charge on any atom is -0.458 e. The van der Waals surface area contributed by atoms with Crippen LogP contribution in [0.25, 0.3) is 0 Å². The molecule has 0 atom stereocenters. The number of nitro groups is 1. The summed E-state index contributed by atoms with van der Waals surface area (Å²) in [5, 5.41) is 10.5. The summed E-state index contributed by atoms with van der Waals surface area (Å²) in [6, 6.07) is 2.31. The Morgan fingerprint density at radius 1 is 1.62 bits per heavy atom. The van der Waals surface area contributed by atoms with Crippen molar-refractivity contribution in [1.82, 2.24) is 4.98 Å². The van der Waals surface area contributed by atoms with Gasteiger partial charge in [-0.05, 0) is 13.8 Å². The highest BCUT2D eigenvalue weighted by atomic mass is 35.5. The molecule has 0 fully saturated rings. The van der Waals surface area contributed by atoms with E-state index in [0.717, 1.165) is 6.07 Å². The highest BCUT2D eigenvalue weighted by molar-refractivity contribution is 6.29. The first-order valence-electron chi connectivity index (χ1n) is 4.33. The molecule has 0 aliphatic carbocycles. The summed E-state index contributed by atoms with van der Waals surface area (Å²) in [4.78, 5) is 13.8. The van der Waals surface area contributed by atoms with Gasteiger partial charge >= 0.3 is 0 Å². The molecule has 6 heteroatoms. The van der Waals surface area contributed by atoms with Crippen LogP contribution >= 0.6 is 11.6 Å². The number of rotatable bonds is 3. The van der Waals surface area contributed by atoms with Crippen LogP contribution in [0.2, 0.25) is 5.15 Å². The quantitative estimate of drug-likeness (QED) is 0.352. The smallest absolute Gasteiger partial charge is 0.277 e. The average Bonchev–Trinajstić information content (AvgIpc) is 2.16. The fourth-order valence-corrected chi connectivity index (χ4v) is 1.10. The van der Waals surface area contributed by atoms with E-state index < -0.39 is 10.5 Å². The molecule has 0 N–H and O–H groups in total. The van der Waals surface area contributed by atoms with Gasteiger partial charge in [-0.25, -0.2) is 4.98 Å². The zero-order chi connectivity index (χ0) is 12.3. The molecular formula is C10H9ClN2O3. The van der Waals surface area contributed by atoms with E-state index in [9.17, 15) is 10.1 Å². The number of halogens is 1. The molecule has 0 amide bonds. The van der Waals surface area contributed by atoms with Gasteiger partial charge in [-0.3, -0.25) is 10.1 Å². The fourth-order valence-electron chi connectivity index (χ4n) is 0.909. The lowest BCUT2D eigenvalue weighted by Crippen LogP contribution is -2.26. The Balaban J connectivity index is 3.07. The summed E-state index contributed by atoms with van der Waals surface area (Å²) in [5.41, 5.74) is -1.09. The minimum absolute atomic E-state index is 0.0166. The van der Waals surface area contributed by atoms with E-state index in [1.807, 2.05) is 0 Å². The Morgan fingerprint density at radius 2 is 2.25 bits per heavy atom. The van der Waals surface area contributed by atoms with Crippen LogP contribution in [0.15, 0.2) is 12.1 Å². The molecule has 0 bridgehead atoms. The van der Waals surface area contributed by atoms with Crippen molar-refractivity contribution < 1.29 is 9.66 Å². The topological polar surface area (TPSA) is 65.3 Å². The number of nitrogens with zero attached hydrogens (tertiary/aromatic N) is 2. The van der Waals surface area contributed by atoms with Gasteiger partial charge in [-0.1, -0.05) is 17.5 Å². The molecule has 1 aromatic heterocycles. The number of terminal acetylenes is 1. The molecule has 5 nitrogen and oxygen atoms in total. The summed E-state index contributed by atoms with van der Waals surface area (Å²) in [7, 11) is 0. The molecule has 0 aliphatic heterocycles. The Bertz CT molecular complexity index is 466. The lowest BCUT2D eigenvalue weighted by molar-refractivity contribution is -0.385. The van der Waals surface area contributed by atoms with Crippen molar-refractivity contribution >= 4 is 17.3 Å². The third-order valence-corrected chi connectivity index (χ3v) is 1.87. The van der Waals surface area contributed by atoms with Gasteiger partial charge in [-0.2, -0.15) is 0 Å². The zero-order valence-electron chi connectivity index (χ0n) is 8.73. The van der Waals surface area contributed by atoms with Gasteiger partial charge in [-0.15, -0.1) is 6.42 Å². The molecule has 1 heterocycles. The van der Waals surface area contributed by atoms with Gasteiger partial charge < -0.3 is 4.74 Å². The molecule has 0 saturated carbocycles. The largest absolute Gasteiger partial charge is 0.458 e. The minimum atomic E-state index is -0.897. The van der Waals surface area contributed by atoms with Crippen molar-refractivity contribution in [2.24, 2.45) is 0 Å². The Hall–Kier alpha value is -1.80. The van der Waals surface area contributed by atoms with E-state index >= 15 is 0 Å². The molecule has 1 aromatic rings. The predicted octanol–water partition coefficient (Wildman–Crippen LogP) is 2.43. The molecule has 0 spiro atoms. The number of hydrogen-bond acceptors (Lipinski definition) is 4. The van der Waals surface area contributed by atoms with E-state index in [2.05, 4.69) is 10.9 Å². The van der Waals surface area contributed by atoms with Gasteiger partial charge in [0.1, 0.15) is 5.15 Å². The molecule has 0 aromatic carbocycles. The molecule has 0 aliphatic rings. The third kappa shape index (κ3) is 3.11. The van der Waals surface area contributed by atoms with E-state index in [-0.39, 0.29) is 16.7 Å².